The summed E-state index contributed by atoms with van der Waals surface area (Å²) in [6, 6.07) is 15.1. The molecule has 0 aliphatic heterocycles. The van der Waals surface area contributed by atoms with Crippen molar-refractivity contribution >= 4 is 67.9 Å². The minimum atomic E-state index is -0.281. The summed E-state index contributed by atoms with van der Waals surface area (Å²) in [5.74, 6) is -0.314. The number of nitrogens with one attached hydrogen (secondary N) is 2. The van der Waals surface area contributed by atoms with Crippen LogP contribution in [0.4, 0.5) is 0 Å². The van der Waals surface area contributed by atoms with Gasteiger partial charge in [-0.25, -0.2) is 10.9 Å². The van der Waals surface area contributed by atoms with Gasteiger partial charge >= 0.3 is 0 Å². The highest BCUT2D eigenvalue weighted by Gasteiger charge is 2.04. The lowest BCUT2D eigenvalue weighted by molar-refractivity contribution is -0.118. The summed E-state index contributed by atoms with van der Waals surface area (Å²) >= 11 is 7.91. The van der Waals surface area contributed by atoms with Crippen LogP contribution in [0, 0.1) is 0 Å². The topological polar surface area (TPSA) is 82.9 Å². The Morgan fingerprint density at radius 1 is 0.852 bits per heavy atom. The second-order valence-electron chi connectivity index (χ2n) is 5.19. The minimum absolute atomic E-state index is 0.124. The number of rotatable bonds is 8. The lowest BCUT2D eigenvalue weighted by atomic mass is 10.2. The number of nitrogens with zero attached hydrogens (tertiary/aromatic N) is 2. The van der Waals surface area contributed by atoms with E-state index in [1.807, 2.05) is 48.5 Å². The Hall–Kier alpha value is -1.97. The second-order valence-corrected chi connectivity index (χ2v) is 8.01. The van der Waals surface area contributed by atoms with E-state index in [0.717, 1.165) is 20.1 Å². The summed E-state index contributed by atoms with van der Waals surface area (Å²) in [5.41, 5.74) is 6.57. The lowest BCUT2D eigenvalue weighted by Gasteiger charge is -2.01. The number of benzene rings is 2. The van der Waals surface area contributed by atoms with Crippen LogP contribution in [0.1, 0.15) is 11.1 Å². The van der Waals surface area contributed by atoms with Crippen LogP contribution in [0.3, 0.4) is 0 Å². The maximum Gasteiger partial charge on any atom is 0.250 e. The van der Waals surface area contributed by atoms with Crippen LogP contribution in [0.5, 0.6) is 0 Å². The average Bonchev–Trinajstić information content (AvgIpc) is 2.62. The lowest BCUT2D eigenvalue weighted by Crippen LogP contribution is -2.23. The van der Waals surface area contributed by atoms with E-state index >= 15 is 0 Å². The Balaban J connectivity index is 1.63. The minimum Gasteiger partial charge on any atom is -0.272 e. The molecule has 0 radical (unpaired) electrons. The first kappa shape index (κ1) is 21.3. The van der Waals surface area contributed by atoms with Crippen LogP contribution in [0.15, 0.2) is 67.7 Å². The Labute approximate surface area is 178 Å². The van der Waals surface area contributed by atoms with Gasteiger partial charge in [0.2, 0.25) is 11.8 Å². The van der Waals surface area contributed by atoms with Crippen molar-refractivity contribution in [1.82, 2.24) is 10.9 Å². The first-order chi connectivity index (χ1) is 13.0. The molecule has 0 aliphatic carbocycles. The first-order valence-electron chi connectivity index (χ1n) is 7.75. The van der Waals surface area contributed by atoms with Gasteiger partial charge in [0.05, 0.1) is 23.9 Å². The summed E-state index contributed by atoms with van der Waals surface area (Å²) < 4.78 is 1.86. The molecule has 0 fully saturated rings. The number of halogens is 2. The largest absolute Gasteiger partial charge is 0.272 e. The molecule has 0 bridgehead atoms. The molecule has 0 aliphatic rings. The molecule has 0 unspecified atom stereocenters. The Bertz CT molecular complexity index is 789. The van der Waals surface area contributed by atoms with Gasteiger partial charge < -0.3 is 0 Å². The van der Waals surface area contributed by atoms with Gasteiger partial charge in [-0.1, -0.05) is 56.1 Å². The third kappa shape index (κ3) is 8.98. The van der Waals surface area contributed by atoms with E-state index < -0.39 is 0 Å². The third-order valence-electron chi connectivity index (χ3n) is 2.97. The molecule has 2 aromatic rings. The van der Waals surface area contributed by atoms with Gasteiger partial charge in [-0.05, 0) is 35.4 Å². The van der Waals surface area contributed by atoms with Crippen LogP contribution in [0.25, 0.3) is 0 Å². The molecule has 2 N–H and O–H groups in total. The van der Waals surface area contributed by atoms with E-state index in [4.69, 9.17) is 0 Å². The van der Waals surface area contributed by atoms with E-state index in [1.54, 1.807) is 12.4 Å². The zero-order chi connectivity index (χ0) is 19.5. The molecule has 2 amide bonds. The highest BCUT2D eigenvalue weighted by molar-refractivity contribution is 9.10. The Morgan fingerprint density at radius 2 is 1.30 bits per heavy atom. The van der Waals surface area contributed by atoms with Gasteiger partial charge in [0.15, 0.2) is 0 Å². The van der Waals surface area contributed by atoms with Crippen molar-refractivity contribution < 1.29 is 9.59 Å². The molecule has 0 heterocycles. The SMILES string of the molecule is O=C(CSCC(=O)N/N=C\c1cccc(Br)c1)N/N=C\c1cccc(Br)c1. The number of carbonyl (C=O) groups excluding carboxylic acids is 2. The molecule has 2 rings (SSSR count). The van der Waals surface area contributed by atoms with Crippen molar-refractivity contribution in [2.24, 2.45) is 10.2 Å². The van der Waals surface area contributed by atoms with Gasteiger partial charge in [0, 0.05) is 8.95 Å². The number of thioether (sulfide) groups is 1. The smallest absolute Gasteiger partial charge is 0.250 e. The average molecular weight is 512 g/mol. The van der Waals surface area contributed by atoms with Crippen LogP contribution in [0.2, 0.25) is 0 Å². The predicted molar refractivity (Wildman–Crippen MR) is 117 cm³/mol. The summed E-state index contributed by atoms with van der Waals surface area (Å²) in [6.07, 6.45) is 3.10. The first-order valence-corrected chi connectivity index (χ1v) is 10.5. The van der Waals surface area contributed by atoms with E-state index in [0.29, 0.717) is 0 Å². The van der Waals surface area contributed by atoms with Gasteiger partial charge in [-0.3, -0.25) is 9.59 Å². The van der Waals surface area contributed by atoms with Gasteiger partial charge in [-0.15, -0.1) is 11.8 Å². The number of hydrazone groups is 2. The molecule has 0 saturated heterocycles. The third-order valence-corrected chi connectivity index (χ3v) is 4.89. The van der Waals surface area contributed by atoms with Gasteiger partial charge in [-0.2, -0.15) is 10.2 Å². The van der Waals surface area contributed by atoms with Crippen LogP contribution in [-0.2, 0) is 9.59 Å². The fourth-order valence-electron chi connectivity index (χ4n) is 1.83. The maximum absolute atomic E-state index is 11.7. The normalized spacial score (nSPS) is 11.0. The highest BCUT2D eigenvalue weighted by atomic mass is 79.9. The molecular formula is C18H16Br2N4O2S. The molecule has 140 valence electrons. The molecule has 0 aromatic heterocycles. The van der Waals surface area contributed by atoms with E-state index in [1.165, 1.54) is 11.8 Å². The summed E-state index contributed by atoms with van der Waals surface area (Å²) in [6.45, 7) is 0. The Morgan fingerprint density at radius 3 is 1.70 bits per heavy atom. The number of hydrogen-bond donors (Lipinski definition) is 2. The number of amides is 2. The van der Waals surface area contributed by atoms with Crippen molar-refractivity contribution in [3.63, 3.8) is 0 Å². The standard InChI is InChI=1S/C18H16Br2N4O2S/c19-15-5-1-3-13(7-15)9-21-23-17(25)11-27-12-18(26)24-22-10-14-4-2-6-16(20)8-14/h1-10H,11-12H2,(H,23,25)(H,24,26)/b21-9-,22-10-. The zero-order valence-electron chi connectivity index (χ0n) is 14.1. The fourth-order valence-corrected chi connectivity index (χ4v) is 3.27. The van der Waals surface area contributed by atoms with Crippen molar-refractivity contribution in [1.29, 1.82) is 0 Å². The van der Waals surface area contributed by atoms with E-state index in [-0.39, 0.29) is 23.3 Å². The van der Waals surface area contributed by atoms with Crippen LogP contribution < -0.4 is 10.9 Å². The monoisotopic (exact) mass is 510 g/mol. The molecule has 0 saturated carbocycles. The number of carbonyl (C=O) groups is 2. The molecule has 27 heavy (non-hydrogen) atoms. The van der Waals surface area contributed by atoms with Crippen LogP contribution >= 0.6 is 43.6 Å². The van der Waals surface area contributed by atoms with Gasteiger partial charge in [0.25, 0.3) is 0 Å². The van der Waals surface area contributed by atoms with Crippen molar-refractivity contribution in [3.8, 4) is 0 Å². The summed E-state index contributed by atoms with van der Waals surface area (Å²) in [7, 11) is 0. The van der Waals surface area contributed by atoms with Gasteiger partial charge in [0.1, 0.15) is 0 Å². The molecule has 0 atom stereocenters. The van der Waals surface area contributed by atoms with Crippen molar-refractivity contribution in [2.75, 3.05) is 11.5 Å². The second kappa shape index (κ2) is 11.7. The summed E-state index contributed by atoms with van der Waals surface area (Å²) in [5, 5.41) is 7.77. The van der Waals surface area contributed by atoms with Crippen molar-refractivity contribution in [2.45, 2.75) is 0 Å². The predicted octanol–water partition coefficient (Wildman–Crippen LogP) is 3.55. The quantitative estimate of drug-likeness (QED) is 0.420. The Kier molecular flexibility index (Phi) is 9.23. The van der Waals surface area contributed by atoms with Crippen LogP contribution in [-0.4, -0.2) is 35.7 Å². The van der Waals surface area contributed by atoms with E-state index in [2.05, 4.69) is 52.9 Å². The molecule has 2 aromatic carbocycles. The molecule has 6 nitrogen and oxygen atoms in total. The van der Waals surface area contributed by atoms with Crippen molar-refractivity contribution in [3.05, 3.63) is 68.6 Å². The fraction of sp³-hybridized carbons (Fsp3) is 0.111. The maximum atomic E-state index is 11.7. The summed E-state index contributed by atoms with van der Waals surface area (Å²) in [4.78, 5) is 23.4. The van der Waals surface area contributed by atoms with E-state index in [9.17, 15) is 9.59 Å². The zero-order valence-corrected chi connectivity index (χ0v) is 18.1. The molecule has 9 heteroatoms. The number of hydrogen-bond acceptors (Lipinski definition) is 5. The molecule has 0 spiro atoms. The highest BCUT2D eigenvalue weighted by Crippen LogP contribution is 2.10. The molecular weight excluding hydrogens is 496 g/mol.